The van der Waals surface area contributed by atoms with E-state index in [1.807, 2.05) is 0 Å². The van der Waals surface area contributed by atoms with Crippen LogP contribution >= 0.6 is 0 Å². The van der Waals surface area contributed by atoms with Crippen molar-refractivity contribution in [1.29, 1.82) is 0 Å². The lowest BCUT2D eigenvalue weighted by Gasteiger charge is -2.21. The number of aromatic nitrogens is 1. The van der Waals surface area contributed by atoms with Crippen molar-refractivity contribution in [3.05, 3.63) is 114 Å². The van der Waals surface area contributed by atoms with Gasteiger partial charge in [0, 0.05) is 35.6 Å². The van der Waals surface area contributed by atoms with E-state index in [2.05, 4.69) is 114 Å². The molecule has 6 rings (SSSR count). The quantitative estimate of drug-likeness (QED) is 0.240. The number of ether oxygens (including phenoxy) is 1. The van der Waals surface area contributed by atoms with Gasteiger partial charge in [0.15, 0.2) is 0 Å². The zero-order valence-corrected chi connectivity index (χ0v) is 20.9. The van der Waals surface area contributed by atoms with E-state index >= 15 is 0 Å². The predicted octanol–water partition coefficient (Wildman–Crippen LogP) is 7.93. The summed E-state index contributed by atoms with van der Waals surface area (Å²) in [6.45, 7) is 2.99. The van der Waals surface area contributed by atoms with Crippen molar-refractivity contribution in [2.75, 3.05) is 6.61 Å². The maximum atomic E-state index is 6.08. The van der Waals surface area contributed by atoms with Gasteiger partial charge in [-0.05, 0) is 77.8 Å². The van der Waals surface area contributed by atoms with Crippen molar-refractivity contribution >= 4 is 21.7 Å². The van der Waals surface area contributed by atoms with Crippen molar-refractivity contribution in [1.82, 2.24) is 10.3 Å². The Morgan fingerprint density at radius 1 is 0.861 bits per heavy atom. The Bertz CT molecular complexity index is 1450. The average molecular weight is 475 g/mol. The summed E-state index contributed by atoms with van der Waals surface area (Å²) in [6, 6.07) is 33.5. The third-order valence-corrected chi connectivity index (χ3v) is 7.87. The van der Waals surface area contributed by atoms with E-state index in [0.717, 1.165) is 12.2 Å². The standard InChI is InChI=1S/C33H34N2O/c1-23(30-11-6-8-25-7-2-3-9-31(25)30)35-28-16-13-26(21-28)24-14-17-29(18-15-24)36-20-19-27-22-34-33-12-5-4-10-32(27)33/h2-12,14-15,17-18,22-23,26,28,34-35H,13,16,19-21H2,1H3/t23-,26+,28-/m1/s1. The Balaban J connectivity index is 1.03. The molecule has 0 aliphatic heterocycles. The number of fused-ring (bicyclic) bond motifs is 2. The summed E-state index contributed by atoms with van der Waals surface area (Å²) in [6.07, 6.45) is 6.65. The molecule has 0 unspecified atom stereocenters. The van der Waals surface area contributed by atoms with Gasteiger partial charge in [0.1, 0.15) is 5.75 Å². The Labute approximate surface area is 213 Å². The largest absolute Gasteiger partial charge is 0.493 e. The third kappa shape index (κ3) is 4.76. The SMILES string of the molecule is C[C@@H](N[C@@H]1CC[C@H](c2ccc(OCCc3c[nH]c4ccccc34)cc2)C1)c1cccc2ccccc12. The molecule has 182 valence electrons. The van der Waals surface area contributed by atoms with Crippen LogP contribution in [0.3, 0.4) is 0 Å². The highest BCUT2D eigenvalue weighted by atomic mass is 16.5. The van der Waals surface area contributed by atoms with Crippen LogP contribution in [0.4, 0.5) is 0 Å². The maximum Gasteiger partial charge on any atom is 0.119 e. The molecule has 3 heteroatoms. The molecule has 2 N–H and O–H groups in total. The molecular formula is C33H34N2O. The predicted molar refractivity (Wildman–Crippen MR) is 150 cm³/mol. The fourth-order valence-electron chi connectivity index (χ4n) is 5.96. The minimum Gasteiger partial charge on any atom is -0.493 e. The number of para-hydroxylation sites is 1. The van der Waals surface area contributed by atoms with Gasteiger partial charge in [-0.1, -0.05) is 72.8 Å². The van der Waals surface area contributed by atoms with Crippen molar-refractivity contribution in [3.63, 3.8) is 0 Å². The van der Waals surface area contributed by atoms with Crippen molar-refractivity contribution < 1.29 is 4.74 Å². The molecule has 0 bridgehead atoms. The summed E-state index contributed by atoms with van der Waals surface area (Å²) < 4.78 is 6.08. The molecule has 5 aromatic rings. The highest BCUT2D eigenvalue weighted by Gasteiger charge is 2.27. The van der Waals surface area contributed by atoms with Crippen LogP contribution in [-0.2, 0) is 6.42 Å². The van der Waals surface area contributed by atoms with Gasteiger partial charge in [0.25, 0.3) is 0 Å². The van der Waals surface area contributed by atoms with Gasteiger partial charge in [0.2, 0.25) is 0 Å². The van der Waals surface area contributed by atoms with E-state index in [9.17, 15) is 0 Å². The first-order valence-corrected chi connectivity index (χ1v) is 13.3. The van der Waals surface area contributed by atoms with Crippen LogP contribution in [0, 0.1) is 0 Å². The molecular weight excluding hydrogens is 440 g/mol. The van der Waals surface area contributed by atoms with Gasteiger partial charge in [0.05, 0.1) is 6.61 Å². The first-order chi connectivity index (χ1) is 17.7. The number of aromatic amines is 1. The van der Waals surface area contributed by atoms with Gasteiger partial charge in [-0.15, -0.1) is 0 Å². The molecule has 4 aromatic carbocycles. The van der Waals surface area contributed by atoms with E-state index in [1.165, 1.54) is 57.6 Å². The third-order valence-electron chi connectivity index (χ3n) is 7.87. The second-order valence-corrected chi connectivity index (χ2v) is 10.2. The van der Waals surface area contributed by atoms with Crippen LogP contribution < -0.4 is 10.1 Å². The normalized spacial score (nSPS) is 18.6. The molecule has 0 amide bonds. The highest BCUT2D eigenvalue weighted by molar-refractivity contribution is 5.86. The molecule has 3 nitrogen and oxygen atoms in total. The summed E-state index contributed by atoms with van der Waals surface area (Å²) >= 11 is 0. The number of H-pyrrole nitrogens is 1. The summed E-state index contributed by atoms with van der Waals surface area (Å²) in [7, 11) is 0. The lowest BCUT2D eigenvalue weighted by Crippen LogP contribution is -2.29. The van der Waals surface area contributed by atoms with Gasteiger partial charge < -0.3 is 15.0 Å². The minimum atomic E-state index is 0.341. The first kappa shape index (κ1) is 22.9. The van der Waals surface area contributed by atoms with E-state index in [0.29, 0.717) is 24.6 Å². The Kier molecular flexibility index (Phi) is 6.48. The zero-order chi connectivity index (χ0) is 24.3. The van der Waals surface area contributed by atoms with Crippen LogP contribution in [0.2, 0.25) is 0 Å². The molecule has 1 aliphatic rings. The molecule has 0 radical (unpaired) electrons. The maximum absolute atomic E-state index is 6.08. The van der Waals surface area contributed by atoms with E-state index in [-0.39, 0.29) is 0 Å². The van der Waals surface area contributed by atoms with Crippen molar-refractivity contribution in [2.24, 2.45) is 0 Å². The molecule has 0 saturated heterocycles. The molecule has 1 saturated carbocycles. The fourth-order valence-corrected chi connectivity index (χ4v) is 5.96. The van der Waals surface area contributed by atoms with E-state index in [1.54, 1.807) is 0 Å². The second-order valence-electron chi connectivity index (χ2n) is 10.2. The van der Waals surface area contributed by atoms with Gasteiger partial charge in [-0.3, -0.25) is 0 Å². The Hall–Kier alpha value is -3.56. The van der Waals surface area contributed by atoms with Crippen LogP contribution in [0.15, 0.2) is 97.2 Å². The average Bonchev–Trinajstić information content (AvgIpc) is 3.56. The number of benzene rings is 4. The zero-order valence-electron chi connectivity index (χ0n) is 20.9. The second kappa shape index (κ2) is 10.2. The highest BCUT2D eigenvalue weighted by Crippen LogP contribution is 2.36. The first-order valence-electron chi connectivity index (χ1n) is 13.3. The van der Waals surface area contributed by atoms with Crippen LogP contribution in [0.5, 0.6) is 5.75 Å². The van der Waals surface area contributed by atoms with Crippen LogP contribution in [0.25, 0.3) is 21.7 Å². The topological polar surface area (TPSA) is 37.0 Å². The van der Waals surface area contributed by atoms with Crippen molar-refractivity contribution in [2.45, 2.75) is 50.6 Å². The molecule has 36 heavy (non-hydrogen) atoms. The molecule has 1 fully saturated rings. The van der Waals surface area contributed by atoms with Crippen molar-refractivity contribution in [3.8, 4) is 5.75 Å². The monoisotopic (exact) mass is 474 g/mol. The minimum absolute atomic E-state index is 0.341. The summed E-state index contributed by atoms with van der Waals surface area (Å²) in [5.74, 6) is 1.57. The summed E-state index contributed by atoms with van der Waals surface area (Å²) in [5.41, 5.74) is 5.32. The van der Waals surface area contributed by atoms with Gasteiger partial charge >= 0.3 is 0 Å². The van der Waals surface area contributed by atoms with Crippen LogP contribution in [0.1, 0.15) is 54.8 Å². The fraction of sp³-hybridized carbons (Fsp3) is 0.273. The summed E-state index contributed by atoms with van der Waals surface area (Å²) in [4.78, 5) is 3.35. The van der Waals surface area contributed by atoms with E-state index in [4.69, 9.17) is 4.74 Å². The van der Waals surface area contributed by atoms with E-state index < -0.39 is 0 Å². The molecule has 3 atom stereocenters. The number of hydrogen-bond donors (Lipinski definition) is 2. The Morgan fingerprint density at radius 2 is 1.64 bits per heavy atom. The van der Waals surface area contributed by atoms with Crippen LogP contribution in [-0.4, -0.2) is 17.6 Å². The van der Waals surface area contributed by atoms with Gasteiger partial charge in [-0.2, -0.15) is 0 Å². The number of hydrogen-bond acceptors (Lipinski definition) is 2. The lowest BCUT2D eigenvalue weighted by molar-refractivity contribution is 0.322. The van der Waals surface area contributed by atoms with Gasteiger partial charge in [-0.25, -0.2) is 0 Å². The Morgan fingerprint density at radius 3 is 2.53 bits per heavy atom. The number of nitrogens with one attached hydrogen (secondary N) is 2. The number of rotatable bonds is 8. The summed E-state index contributed by atoms with van der Waals surface area (Å²) in [5, 5.41) is 7.89. The lowest BCUT2D eigenvalue weighted by atomic mass is 9.96. The molecule has 0 spiro atoms. The molecule has 1 aromatic heterocycles. The molecule has 1 aliphatic carbocycles. The smallest absolute Gasteiger partial charge is 0.119 e. The molecule has 1 heterocycles.